The standard InChI is InChI=1S/C40H65N5O8.C2HF3O2/c1-10-26(4)35(44(7)39(49)34(25(2)3)42-38(48)31-19-14-15-21-43(31)6)32(52-8)24-33(46)45-22-16-20-30(45)36(53-9)27(5)37(47)41-29(40(50)51)23-28-17-12-11-13-18-28;3-2(4,5)1(6)7/h11-13,17-18,25-27,29-32,34-36H,10,14-16,19-24H2,1-9H3,(H,41,47)(H,42,48)(H,50,51);(H,6,7)/t26?,27?,29?,30-,31-,32?,34?,35?,36?;/m0./s1. The summed E-state index contributed by atoms with van der Waals surface area (Å²) in [6, 6.07) is 6.10. The minimum absolute atomic E-state index is 0.000372. The molecule has 2 aliphatic heterocycles. The number of carboxylic acids is 2. The molecule has 0 saturated carbocycles. The van der Waals surface area contributed by atoms with Crippen LogP contribution in [0.2, 0.25) is 0 Å². The Kier molecular flexibility index (Phi) is 20.9. The number of amides is 4. The molecule has 2 aliphatic rings. The number of benzene rings is 1. The Hall–Kier alpha value is -4.29. The molecule has 9 atom stereocenters. The van der Waals surface area contributed by atoms with E-state index in [1.165, 1.54) is 7.11 Å². The second kappa shape index (κ2) is 24.2. The Labute approximate surface area is 351 Å². The largest absolute Gasteiger partial charge is 0.490 e. The topological polar surface area (TPSA) is 195 Å². The minimum Gasteiger partial charge on any atom is -0.480 e. The van der Waals surface area contributed by atoms with Crippen molar-refractivity contribution in [3.05, 3.63) is 35.9 Å². The monoisotopic (exact) mass is 857 g/mol. The van der Waals surface area contributed by atoms with E-state index in [-0.39, 0.29) is 48.4 Å². The molecule has 60 heavy (non-hydrogen) atoms. The first-order chi connectivity index (χ1) is 28.1. The van der Waals surface area contributed by atoms with Gasteiger partial charge >= 0.3 is 18.1 Å². The van der Waals surface area contributed by atoms with Gasteiger partial charge in [0.25, 0.3) is 0 Å². The van der Waals surface area contributed by atoms with Gasteiger partial charge in [0.05, 0.1) is 42.7 Å². The number of alkyl halides is 3. The first-order valence-corrected chi connectivity index (χ1v) is 20.6. The van der Waals surface area contributed by atoms with Gasteiger partial charge in [0.1, 0.15) is 12.1 Å². The van der Waals surface area contributed by atoms with Crippen molar-refractivity contribution < 1.29 is 61.6 Å². The summed E-state index contributed by atoms with van der Waals surface area (Å²) in [4.78, 5) is 81.7. The number of rotatable bonds is 19. The second-order valence-corrected chi connectivity index (χ2v) is 16.2. The van der Waals surface area contributed by atoms with Gasteiger partial charge < -0.3 is 40.1 Å². The quantitative estimate of drug-likeness (QED) is 0.157. The minimum atomic E-state index is -5.08. The molecule has 2 heterocycles. The summed E-state index contributed by atoms with van der Waals surface area (Å²) in [5.41, 5.74) is 0.788. The molecule has 0 spiro atoms. The third kappa shape index (κ3) is 14.7. The molecule has 3 rings (SSSR count). The molecule has 18 heteroatoms. The highest BCUT2D eigenvalue weighted by Gasteiger charge is 2.44. The second-order valence-electron chi connectivity index (χ2n) is 16.2. The van der Waals surface area contributed by atoms with Crippen LogP contribution in [0.5, 0.6) is 0 Å². The molecule has 1 aromatic rings. The number of halogens is 3. The Morgan fingerprint density at radius 1 is 0.917 bits per heavy atom. The van der Waals surface area contributed by atoms with Crippen LogP contribution in [0.4, 0.5) is 13.2 Å². The molecule has 2 fully saturated rings. The lowest BCUT2D eigenvalue weighted by Gasteiger charge is -2.41. The molecule has 4 amide bonds. The number of ether oxygens (including phenoxy) is 2. The maximum Gasteiger partial charge on any atom is 0.490 e. The van der Waals surface area contributed by atoms with E-state index in [4.69, 9.17) is 19.4 Å². The molecule has 15 nitrogen and oxygen atoms in total. The van der Waals surface area contributed by atoms with Crippen LogP contribution in [-0.2, 0) is 44.7 Å². The van der Waals surface area contributed by atoms with Gasteiger partial charge in [-0.1, -0.05) is 77.8 Å². The van der Waals surface area contributed by atoms with Gasteiger partial charge in [-0.3, -0.25) is 24.1 Å². The van der Waals surface area contributed by atoms with Crippen LogP contribution < -0.4 is 10.6 Å². The Morgan fingerprint density at radius 2 is 1.53 bits per heavy atom. The SMILES string of the molecule is CCC(C)C(C(CC(=O)N1CCC[C@H]1C(OC)C(C)C(=O)NC(Cc1ccccc1)C(=O)O)OC)N(C)C(=O)C(NC(=O)[C@@H]1CCCCN1C)C(C)C.O=C(O)C(F)(F)F. The lowest BCUT2D eigenvalue weighted by Crippen LogP contribution is -2.59. The van der Waals surface area contributed by atoms with E-state index in [9.17, 15) is 42.3 Å². The van der Waals surface area contributed by atoms with Gasteiger partial charge in [0.2, 0.25) is 23.6 Å². The van der Waals surface area contributed by atoms with E-state index in [1.807, 2.05) is 70.0 Å². The van der Waals surface area contributed by atoms with Crippen molar-refractivity contribution in [2.75, 3.05) is 41.4 Å². The van der Waals surface area contributed by atoms with Gasteiger partial charge in [-0.15, -0.1) is 0 Å². The average molecular weight is 858 g/mol. The molecular weight excluding hydrogens is 791 g/mol. The number of carbonyl (C=O) groups is 6. The van der Waals surface area contributed by atoms with Gasteiger partial charge in [-0.25, -0.2) is 9.59 Å². The lowest BCUT2D eigenvalue weighted by atomic mass is 9.89. The number of carbonyl (C=O) groups excluding carboxylic acids is 4. The van der Waals surface area contributed by atoms with Crippen molar-refractivity contribution in [3.8, 4) is 0 Å². The van der Waals surface area contributed by atoms with E-state index < -0.39 is 66.3 Å². The molecule has 2 saturated heterocycles. The zero-order chi connectivity index (χ0) is 45.5. The maximum atomic E-state index is 14.2. The smallest absolute Gasteiger partial charge is 0.480 e. The number of methoxy groups -OCH3 is 2. The summed E-state index contributed by atoms with van der Waals surface area (Å²) in [5, 5.41) is 22.7. The number of likely N-dealkylation sites (N-methyl/N-ethyl adjacent to an activating group) is 2. The van der Waals surface area contributed by atoms with Crippen LogP contribution in [0.1, 0.15) is 85.1 Å². The Balaban J connectivity index is 0.00000162. The maximum absolute atomic E-state index is 14.2. The predicted molar refractivity (Wildman–Crippen MR) is 217 cm³/mol. The van der Waals surface area contributed by atoms with Crippen LogP contribution in [0.3, 0.4) is 0 Å². The van der Waals surface area contributed by atoms with Crippen molar-refractivity contribution in [2.45, 2.75) is 135 Å². The third-order valence-corrected chi connectivity index (χ3v) is 11.7. The van der Waals surface area contributed by atoms with Crippen molar-refractivity contribution in [1.29, 1.82) is 0 Å². The fourth-order valence-corrected chi connectivity index (χ4v) is 8.05. The van der Waals surface area contributed by atoms with Crippen LogP contribution in [0.15, 0.2) is 30.3 Å². The van der Waals surface area contributed by atoms with E-state index >= 15 is 0 Å². The van der Waals surface area contributed by atoms with Gasteiger partial charge in [0, 0.05) is 34.2 Å². The highest BCUT2D eigenvalue weighted by molar-refractivity contribution is 5.90. The van der Waals surface area contributed by atoms with E-state index in [0.29, 0.717) is 19.4 Å². The van der Waals surface area contributed by atoms with Crippen LogP contribution in [-0.4, -0.2) is 150 Å². The number of nitrogens with one attached hydrogen (secondary N) is 2. The fourth-order valence-electron chi connectivity index (χ4n) is 8.05. The summed E-state index contributed by atoms with van der Waals surface area (Å²) in [7, 11) is 6.72. The highest BCUT2D eigenvalue weighted by atomic mass is 19.4. The number of likely N-dealkylation sites (tertiary alicyclic amines) is 2. The summed E-state index contributed by atoms with van der Waals surface area (Å²) >= 11 is 0. The van der Waals surface area contributed by atoms with Gasteiger partial charge in [0.15, 0.2) is 0 Å². The van der Waals surface area contributed by atoms with E-state index in [2.05, 4.69) is 10.6 Å². The molecule has 1 aromatic carbocycles. The number of aliphatic carboxylic acids is 2. The molecule has 0 bridgehead atoms. The summed E-state index contributed by atoms with van der Waals surface area (Å²) in [5.74, 6) is -5.84. The van der Waals surface area contributed by atoms with Gasteiger partial charge in [-0.05, 0) is 56.7 Å². The summed E-state index contributed by atoms with van der Waals surface area (Å²) in [6.07, 6.45) is -1.44. The predicted octanol–water partition coefficient (Wildman–Crippen LogP) is 3.98. The number of hydrogen-bond donors (Lipinski definition) is 4. The zero-order valence-corrected chi connectivity index (χ0v) is 36.4. The fraction of sp³-hybridized carbons (Fsp3) is 0.714. The van der Waals surface area contributed by atoms with E-state index in [0.717, 1.165) is 37.8 Å². The lowest BCUT2D eigenvalue weighted by molar-refractivity contribution is -0.192. The van der Waals surface area contributed by atoms with Crippen molar-refractivity contribution in [1.82, 2.24) is 25.3 Å². The van der Waals surface area contributed by atoms with Crippen LogP contribution >= 0.6 is 0 Å². The molecule has 340 valence electrons. The van der Waals surface area contributed by atoms with Crippen molar-refractivity contribution in [3.63, 3.8) is 0 Å². The number of piperidine rings is 1. The van der Waals surface area contributed by atoms with Crippen molar-refractivity contribution >= 4 is 35.6 Å². The number of nitrogens with zero attached hydrogens (tertiary/aromatic N) is 3. The molecular formula is C42H66F3N5O10. The normalized spacial score (nSPS) is 20.6. The highest BCUT2D eigenvalue weighted by Crippen LogP contribution is 2.30. The van der Waals surface area contributed by atoms with Gasteiger partial charge in [-0.2, -0.15) is 13.2 Å². The molecule has 7 unspecified atom stereocenters. The molecule has 4 N–H and O–H groups in total. The molecule has 0 aromatic heterocycles. The number of carboxylic acid groups (broad SMARTS) is 2. The average Bonchev–Trinajstić information content (AvgIpc) is 3.69. The first kappa shape index (κ1) is 51.8. The Bertz CT molecular complexity index is 1570. The first-order valence-electron chi connectivity index (χ1n) is 20.6. The van der Waals surface area contributed by atoms with Crippen LogP contribution in [0.25, 0.3) is 0 Å². The summed E-state index contributed by atoms with van der Waals surface area (Å²) < 4.78 is 43.6. The number of hydrogen-bond acceptors (Lipinski definition) is 9. The van der Waals surface area contributed by atoms with Crippen molar-refractivity contribution in [2.24, 2.45) is 17.8 Å². The molecule has 0 aliphatic carbocycles. The summed E-state index contributed by atoms with van der Waals surface area (Å²) in [6.45, 7) is 10.9. The zero-order valence-electron chi connectivity index (χ0n) is 36.4. The van der Waals surface area contributed by atoms with Crippen LogP contribution in [0, 0.1) is 17.8 Å². The molecule has 0 radical (unpaired) electrons. The Morgan fingerprint density at radius 3 is 2.03 bits per heavy atom. The van der Waals surface area contributed by atoms with E-state index in [1.54, 1.807) is 30.9 Å². The third-order valence-electron chi connectivity index (χ3n) is 11.7.